The predicted molar refractivity (Wildman–Crippen MR) is 111 cm³/mol. The summed E-state index contributed by atoms with van der Waals surface area (Å²) in [5, 5.41) is 8.95. The van der Waals surface area contributed by atoms with Crippen LogP contribution < -0.4 is 20.9 Å². The van der Waals surface area contributed by atoms with Crippen molar-refractivity contribution in [2.75, 3.05) is 54.9 Å². The fourth-order valence-electron chi connectivity index (χ4n) is 3.01. The Kier molecular flexibility index (Phi) is 7.02. The third kappa shape index (κ3) is 5.82. The van der Waals surface area contributed by atoms with E-state index < -0.39 is 0 Å². The van der Waals surface area contributed by atoms with Crippen molar-refractivity contribution in [3.8, 4) is 0 Å². The number of amides is 2. The van der Waals surface area contributed by atoms with Crippen LogP contribution in [0.15, 0.2) is 30.3 Å². The van der Waals surface area contributed by atoms with Crippen molar-refractivity contribution in [1.29, 1.82) is 0 Å². The molecule has 0 spiro atoms. The molecule has 0 atom stereocenters. The van der Waals surface area contributed by atoms with Crippen LogP contribution in [0.1, 0.15) is 18.3 Å². The van der Waals surface area contributed by atoms with Crippen LogP contribution >= 0.6 is 0 Å². The number of carbonyl (C=O) groups excluding carboxylic acids is 1. The van der Waals surface area contributed by atoms with Crippen molar-refractivity contribution < 1.29 is 9.53 Å². The average Bonchev–Trinajstić information content (AvgIpc) is 2.71. The van der Waals surface area contributed by atoms with E-state index in [-0.39, 0.29) is 6.03 Å². The molecular formula is C20H28N6O2. The highest BCUT2D eigenvalue weighted by Crippen LogP contribution is 2.17. The molecule has 1 saturated heterocycles. The summed E-state index contributed by atoms with van der Waals surface area (Å²) in [5.41, 5.74) is 1.99. The molecule has 1 aliphatic heterocycles. The first kappa shape index (κ1) is 19.9. The Morgan fingerprint density at radius 1 is 1.18 bits per heavy atom. The molecule has 3 rings (SSSR count). The number of morpholine rings is 1. The molecule has 1 aliphatic rings. The van der Waals surface area contributed by atoms with Crippen LogP contribution in [-0.2, 0) is 11.2 Å². The van der Waals surface area contributed by atoms with Crippen LogP contribution in [0.3, 0.4) is 0 Å². The predicted octanol–water partition coefficient (Wildman–Crippen LogP) is 2.42. The van der Waals surface area contributed by atoms with E-state index >= 15 is 0 Å². The largest absolute Gasteiger partial charge is 0.378 e. The molecule has 0 radical (unpaired) electrons. The number of benzene rings is 1. The summed E-state index contributed by atoms with van der Waals surface area (Å²) in [4.78, 5) is 23.2. The van der Waals surface area contributed by atoms with Crippen molar-refractivity contribution >= 4 is 23.4 Å². The lowest BCUT2D eigenvalue weighted by atomic mass is 10.1. The molecule has 0 bridgehead atoms. The van der Waals surface area contributed by atoms with Gasteiger partial charge in [0.1, 0.15) is 17.5 Å². The molecule has 2 aromatic rings. The molecule has 8 nitrogen and oxygen atoms in total. The number of rotatable bonds is 7. The Morgan fingerprint density at radius 2 is 2.00 bits per heavy atom. The number of hydrogen-bond acceptors (Lipinski definition) is 6. The van der Waals surface area contributed by atoms with Gasteiger partial charge in [-0.3, -0.25) is 0 Å². The number of nitrogens with one attached hydrogen (secondary N) is 3. The molecule has 1 fully saturated rings. The number of hydrogen-bond donors (Lipinski definition) is 3. The Morgan fingerprint density at radius 3 is 2.79 bits per heavy atom. The summed E-state index contributed by atoms with van der Waals surface area (Å²) >= 11 is 0. The summed E-state index contributed by atoms with van der Waals surface area (Å²) in [6, 6.07) is 9.57. The zero-order chi connectivity index (χ0) is 19.8. The van der Waals surface area contributed by atoms with Gasteiger partial charge < -0.3 is 25.6 Å². The lowest BCUT2D eigenvalue weighted by Gasteiger charge is -2.28. The first-order chi connectivity index (χ1) is 13.6. The summed E-state index contributed by atoms with van der Waals surface area (Å²) < 4.78 is 5.39. The molecule has 1 aromatic carbocycles. The molecule has 2 heterocycles. The maximum absolute atomic E-state index is 12.0. The van der Waals surface area contributed by atoms with Gasteiger partial charge >= 0.3 is 6.03 Å². The van der Waals surface area contributed by atoms with Crippen LogP contribution in [0, 0.1) is 6.92 Å². The summed E-state index contributed by atoms with van der Waals surface area (Å²) in [6.45, 7) is 8.11. The minimum atomic E-state index is -0.220. The van der Waals surface area contributed by atoms with Gasteiger partial charge in [0.05, 0.1) is 13.2 Å². The maximum Gasteiger partial charge on any atom is 0.319 e. The van der Waals surface area contributed by atoms with Gasteiger partial charge in [0.15, 0.2) is 0 Å². The molecule has 2 amide bonds. The van der Waals surface area contributed by atoms with E-state index in [0.717, 1.165) is 36.8 Å². The van der Waals surface area contributed by atoms with Crippen molar-refractivity contribution in [3.05, 3.63) is 41.7 Å². The van der Waals surface area contributed by atoms with E-state index in [1.54, 1.807) is 0 Å². The normalized spacial score (nSPS) is 13.9. The maximum atomic E-state index is 12.0. The van der Waals surface area contributed by atoms with Gasteiger partial charge in [0, 0.05) is 37.9 Å². The van der Waals surface area contributed by atoms with Gasteiger partial charge in [-0.2, -0.15) is 0 Å². The fourth-order valence-corrected chi connectivity index (χ4v) is 3.01. The number of ether oxygens (including phenoxy) is 1. The quantitative estimate of drug-likeness (QED) is 0.635. The molecule has 0 unspecified atom stereocenters. The Labute approximate surface area is 165 Å². The van der Waals surface area contributed by atoms with Crippen molar-refractivity contribution in [2.24, 2.45) is 0 Å². The van der Waals surface area contributed by atoms with E-state index in [0.29, 0.717) is 32.1 Å². The fraction of sp³-hybridized carbons (Fsp3) is 0.450. The molecule has 3 N–H and O–H groups in total. The highest BCUT2D eigenvalue weighted by molar-refractivity contribution is 5.89. The summed E-state index contributed by atoms with van der Waals surface area (Å²) in [5.74, 6) is 2.37. The van der Waals surface area contributed by atoms with E-state index in [1.807, 2.05) is 37.3 Å². The summed E-state index contributed by atoms with van der Waals surface area (Å²) in [6.07, 6.45) is 0.936. The van der Waals surface area contributed by atoms with Gasteiger partial charge in [-0.05, 0) is 31.0 Å². The van der Waals surface area contributed by atoms with Crippen molar-refractivity contribution in [3.63, 3.8) is 0 Å². The van der Waals surface area contributed by atoms with E-state index in [9.17, 15) is 4.79 Å². The lowest BCUT2D eigenvalue weighted by Crippen LogP contribution is -2.37. The van der Waals surface area contributed by atoms with Gasteiger partial charge in [-0.1, -0.05) is 19.1 Å². The van der Waals surface area contributed by atoms with Crippen molar-refractivity contribution in [2.45, 2.75) is 20.3 Å². The second-order valence-corrected chi connectivity index (χ2v) is 6.62. The van der Waals surface area contributed by atoms with Crippen LogP contribution in [0.5, 0.6) is 0 Å². The second kappa shape index (κ2) is 9.89. The zero-order valence-electron chi connectivity index (χ0n) is 16.5. The van der Waals surface area contributed by atoms with Crippen LogP contribution in [-0.4, -0.2) is 55.4 Å². The SMILES string of the molecule is CCc1cccc(NC(=O)NCCNc2cc(N3CCOCC3)nc(C)n2)c1. The first-order valence-corrected chi connectivity index (χ1v) is 9.70. The Hall–Kier alpha value is -2.87. The topological polar surface area (TPSA) is 91.4 Å². The minimum Gasteiger partial charge on any atom is -0.378 e. The van der Waals surface area contributed by atoms with E-state index in [2.05, 4.69) is 37.7 Å². The number of nitrogens with zero attached hydrogens (tertiary/aromatic N) is 3. The molecule has 0 saturated carbocycles. The molecule has 8 heteroatoms. The van der Waals surface area contributed by atoms with Gasteiger partial charge in [0.2, 0.25) is 0 Å². The zero-order valence-corrected chi connectivity index (χ0v) is 16.5. The number of aromatic nitrogens is 2. The van der Waals surface area contributed by atoms with Gasteiger partial charge in [-0.25, -0.2) is 14.8 Å². The Balaban J connectivity index is 1.45. The second-order valence-electron chi connectivity index (χ2n) is 6.62. The highest BCUT2D eigenvalue weighted by Gasteiger charge is 2.14. The van der Waals surface area contributed by atoms with Crippen LogP contribution in [0.2, 0.25) is 0 Å². The number of urea groups is 1. The van der Waals surface area contributed by atoms with Crippen molar-refractivity contribution in [1.82, 2.24) is 15.3 Å². The number of anilines is 3. The highest BCUT2D eigenvalue weighted by atomic mass is 16.5. The summed E-state index contributed by atoms with van der Waals surface area (Å²) in [7, 11) is 0. The smallest absolute Gasteiger partial charge is 0.319 e. The number of aryl methyl sites for hydroxylation is 2. The van der Waals surface area contributed by atoms with Crippen LogP contribution in [0.25, 0.3) is 0 Å². The standard InChI is InChI=1S/C20H28N6O2/c1-3-16-5-4-6-17(13-16)25-20(27)22-8-7-21-18-14-19(24-15(2)23-18)26-9-11-28-12-10-26/h4-6,13-14H,3,7-12H2,1-2H3,(H,21,23,24)(H2,22,25,27). The van der Waals surface area contributed by atoms with E-state index in [4.69, 9.17) is 4.74 Å². The van der Waals surface area contributed by atoms with E-state index in [1.165, 1.54) is 5.56 Å². The lowest BCUT2D eigenvalue weighted by molar-refractivity contribution is 0.122. The van der Waals surface area contributed by atoms with Crippen LogP contribution in [0.4, 0.5) is 22.1 Å². The number of carbonyl (C=O) groups is 1. The average molecular weight is 384 g/mol. The minimum absolute atomic E-state index is 0.220. The first-order valence-electron chi connectivity index (χ1n) is 9.70. The third-order valence-corrected chi connectivity index (χ3v) is 4.47. The molecule has 0 aliphatic carbocycles. The monoisotopic (exact) mass is 384 g/mol. The van der Waals surface area contributed by atoms with Gasteiger partial charge in [0.25, 0.3) is 0 Å². The molecule has 1 aromatic heterocycles. The third-order valence-electron chi connectivity index (χ3n) is 4.47. The molecule has 28 heavy (non-hydrogen) atoms. The van der Waals surface area contributed by atoms with Gasteiger partial charge in [-0.15, -0.1) is 0 Å². The molecule has 150 valence electrons. The Bertz CT molecular complexity index is 792. The molecular weight excluding hydrogens is 356 g/mol.